The number of aromatic carboxylic acids is 1. The van der Waals surface area contributed by atoms with Crippen molar-refractivity contribution in [2.45, 2.75) is 6.92 Å². The highest BCUT2D eigenvalue weighted by Gasteiger charge is 2.24. The number of para-hydroxylation sites is 1. The summed E-state index contributed by atoms with van der Waals surface area (Å²) in [6, 6.07) is 12.1. The summed E-state index contributed by atoms with van der Waals surface area (Å²) in [6.07, 6.45) is 0. The quantitative estimate of drug-likeness (QED) is 0.594. The number of carboxylic acid groups (broad SMARTS) is 1. The number of carbonyl (C=O) groups excluding carboxylic acids is 1. The van der Waals surface area contributed by atoms with Gasteiger partial charge in [0.15, 0.2) is 0 Å². The first-order chi connectivity index (χ1) is 10.9. The van der Waals surface area contributed by atoms with E-state index in [0.717, 1.165) is 3.57 Å². The van der Waals surface area contributed by atoms with E-state index in [1.54, 1.807) is 43.3 Å². The molecule has 0 saturated carbocycles. The van der Waals surface area contributed by atoms with Crippen LogP contribution >= 0.6 is 34.2 Å². The molecule has 2 aromatic carbocycles. The Hall–Kier alpha value is -1.86. The van der Waals surface area contributed by atoms with E-state index in [1.807, 2.05) is 6.07 Å². The summed E-state index contributed by atoms with van der Waals surface area (Å²) in [4.78, 5) is 24.5. The number of carbonyl (C=O) groups is 2. The molecule has 1 heterocycles. The van der Waals surface area contributed by atoms with Crippen molar-refractivity contribution in [3.63, 3.8) is 0 Å². The van der Waals surface area contributed by atoms with E-state index in [4.69, 9.17) is 11.6 Å². The van der Waals surface area contributed by atoms with Gasteiger partial charge in [-0.05, 0) is 53.8 Å². The molecule has 1 N–H and O–H groups in total. The summed E-state index contributed by atoms with van der Waals surface area (Å²) in [5.74, 6) is -1.39. The molecule has 0 amide bonds. The van der Waals surface area contributed by atoms with Crippen LogP contribution in [0.2, 0.25) is 5.02 Å². The molecular formula is C17H11ClINO3. The zero-order valence-electron chi connectivity index (χ0n) is 12.0. The maximum absolute atomic E-state index is 13.0. The molecule has 0 saturated heterocycles. The van der Waals surface area contributed by atoms with Crippen LogP contribution in [0, 0.1) is 10.5 Å². The maximum atomic E-state index is 13.0. The second kappa shape index (κ2) is 5.98. The Morgan fingerprint density at radius 2 is 1.87 bits per heavy atom. The van der Waals surface area contributed by atoms with Crippen molar-refractivity contribution in [2.24, 2.45) is 0 Å². The standard InChI is InChI=1S/C17H11ClINO3/c1-9-15(17(22)23)11-4-2-3-5-14(11)20(9)16(21)12-8-10(19)6-7-13(12)18/h2-8H,1H3,(H,22,23). The van der Waals surface area contributed by atoms with Crippen molar-refractivity contribution in [3.05, 3.63) is 67.9 Å². The minimum absolute atomic E-state index is 0.135. The first-order valence-electron chi connectivity index (χ1n) is 6.75. The third kappa shape index (κ3) is 2.64. The lowest BCUT2D eigenvalue weighted by molar-refractivity contribution is 0.0698. The Kier molecular flexibility index (Phi) is 4.16. The normalized spacial score (nSPS) is 10.9. The van der Waals surface area contributed by atoms with Gasteiger partial charge in [-0.25, -0.2) is 4.79 Å². The zero-order valence-corrected chi connectivity index (χ0v) is 14.9. The van der Waals surface area contributed by atoms with E-state index < -0.39 is 5.97 Å². The van der Waals surface area contributed by atoms with Gasteiger partial charge in [0.25, 0.3) is 5.91 Å². The molecular weight excluding hydrogens is 429 g/mol. The number of halogens is 2. The van der Waals surface area contributed by atoms with E-state index in [0.29, 0.717) is 27.2 Å². The summed E-state index contributed by atoms with van der Waals surface area (Å²) >= 11 is 8.26. The van der Waals surface area contributed by atoms with E-state index in [-0.39, 0.29) is 11.5 Å². The van der Waals surface area contributed by atoms with E-state index >= 15 is 0 Å². The fraction of sp³-hybridized carbons (Fsp3) is 0.0588. The number of aromatic nitrogens is 1. The number of benzene rings is 2. The molecule has 0 fully saturated rings. The summed E-state index contributed by atoms with van der Waals surface area (Å²) in [5.41, 5.74) is 1.43. The van der Waals surface area contributed by atoms with Gasteiger partial charge in [-0.3, -0.25) is 9.36 Å². The van der Waals surface area contributed by atoms with Gasteiger partial charge < -0.3 is 5.11 Å². The van der Waals surface area contributed by atoms with Gasteiger partial charge in [0, 0.05) is 14.7 Å². The van der Waals surface area contributed by atoms with Crippen molar-refractivity contribution in [3.8, 4) is 0 Å². The SMILES string of the molecule is Cc1c(C(=O)O)c2ccccc2n1C(=O)c1cc(I)ccc1Cl. The van der Waals surface area contributed by atoms with Gasteiger partial charge in [0.05, 0.1) is 21.7 Å². The molecule has 0 aliphatic carbocycles. The van der Waals surface area contributed by atoms with Crippen molar-refractivity contribution >= 4 is 57.0 Å². The molecule has 0 aliphatic rings. The van der Waals surface area contributed by atoms with Crippen LogP contribution in [0.3, 0.4) is 0 Å². The molecule has 3 aromatic rings. The summed E-state index contributed by atoms with van der Waals surface area (Å²) in [5, 5.41) is 10.3. The predicted octanol–water partition coefficient (Wildman–Crippen LogP) is 4.59. The predicted molar refractivity (Wildman–Crippen MR) is 97.5 cm³/mol. The highest BCUT2D eigenvalue weighted by molar-refractivity contribution is 14.1. The van der Waals surface area contributed by atoms with Crippen molar-refractivity contribution in [1.29, 1.82) is 0 Å². The molecule has 1 aromatic heterocycles. The van der Waals surface area contributed by atoms with Crippen molar-refractivity contribution < 1.29 is 14.7 Å². The number of fused-ring (bicyclic) bond motifs is 1. The van der Waals surface area contributed by atoms with Gasteiger partial charge in [-0.15, -0.1) is 0 Å². The topological polar surface area (TPSA) is 59.3 Å². The number of carboxylic acids is 1. The van der Waals surface area contributed by atoms with Crippen LogP contribution in [0.4, 0.5) is 0 Å². The van der Waals surface area contributed by atoms with Crippen LogP contribution in [-0.2, 0) is 0 Å². The number of rotatable bonds is 2. The lowest BCUT2D eigenvalue weighted by Crippen LogP contribution is -2.15. The molecule has 0 radical (unpaired) electrons. The van der Waals surface area contributed by atoms with Crippen molar-refractivity contribution in [2.75, 3.05) is 0 Å². The minimum Gasteiger partial charge on any atom is -0.478 e. The Labute approximate surface area is 150 Å². The van der Waals surface area contributed by atoms with Gasteiger partial charge in [0.2, 0.25) is 0 Å². The van der Waals surface area contributed by atoms with E-state index in [1.165, 1.54) is 4.57 Å². The zero-order chi connectivity index (χ0) is 16.7. The summed E-state index contributed by atoms with van der Waals surface area (Å²) in [7, 11) is 0. The smallest absolute Gasteiger partial charge is 0.338 e. The molecule has 3 rings (SSSR count). The fourth-order valence-corrected chi connectivity index (χ4v) is 3.37. The first kappa shape index (κ1) is 16.0. The van der Waals surface area contributed by atoms with Crippen LogP contribution in [0.25, 0.3) is 10.9 Å². The molecule has 0 unspecified atom stereocenters. The molecule has 0 aliphatic heterocycles. The summed E-state index contributed by atoms with van der Waals surface area (Å²) in [6.45, 7) is 1.63. The summed E-state index contributed by atoms with van der Waals surface area (Å²) < 4.78 is 2.29. The Morgan fingerprint density at radius 1 is 1.17 bits per heavy atom. The second-order valence-electron chi connectivity index (χ2n) is 5.05. The second-order valence-corrected chi connectivity index (χ2v) is 6.70. The monoisotopic (exact) mass is 439 g/mol. The average Bonchev–Trinajstić information content (AvgIpc) is 2.81. The Bertz CT molecular complexity index is 962. The number of nitrogens with zero attached hydrogens (tertiary/aromatic N) is 1. The Balaban J connectivity index is 2.32. The molecule has 0 spiro atoms. The average molecular weight is 440 g/mol. The van der Waals surface area contributed by atoms with Crippen molar-refractivity contribution in [1.82, 2.24) is 4.57 Å². The molecule has 4 nitrogen and oxygen atoms in total. The van der Waals surface area contributed by atoms with Crippen LogP contribution in [0.15, 0.2) is 42.5 Å². The van der Waals surface area contributed by atoms with Crippen LogP contribution in [0.5, 0.6) is 0 Å². The fourth-order valence-electron chi connectivity index (χ4n) is 2.68. The lowest BCUT2D eigenvalue weighted by atomic mass is 10.1. The number of hydrogen-bond acceptors (Lipinski definition) is 2. The van der Waals surface area contributed by atoms with Gasteiger partial charge >= 0.3 is 5.97 Å². The lowest BCUT2D eigenvalue weighted by Gasteiger charge is -2.09. The highest BCUT2D eigenvalue weighted by atomic mass is 127. The van der Waals surface area contributed by atoms with E-state index in [9.17, 15) is 14.7 Å². The van der Waals surface area contributed by atoms with Gasteiger partial charge in [-0.2, -0.15) is 0 Å². The molecule has 23 heavy (non-hydrogen) atoms. The van der Waals surface area contributed by atoms with Crippen LogP contribution < -0.4 is 0 Å². The van der Waals surface area contributed by atoms with Gasteiger partial charge in [-0.1, -0.05) is 29.8 Å². The molecule has 0 atom stereocenters. The number of hydrogen-bond donors (Lipinski definition) is 1. The highest BCUT2D eigenvalue weighted by Crippen LogP contribution is 2.28. The molecule has 6 heteroatoms. The molecule has 116 valence electrons. The third-order valence-electron chi connectivity index (χ3n) is 3.69. The largest absolute Gasteiger partial charge is 0.478 e. The van der Waals surface area contributed by atoms with Gasteiger partial charge in [0.1, 0.15) is 0 Å². The maximum Gasteiger partial charge on any atom is 0.338 e. The third-order valence-corrected chi connectivity index (χ3v) is 4.69. The van der Waals surface area contributed by atoms with Crippen LogP contribution in [-0.4, -0.2) is 21.6 Å². The van der Waals surface area contributed by atoms with Crippen LogP contribution in [0.1, 0.15) is 26.4 Å². The van der Waals surface area contributed by atoms with E-state index in [2.05, 4.69) is 22.6 Å². The minimum atomic E-state index is -1.06. The molecule has 0 bridgehead atoms. The Morgan fingerprint density at radius 3 is 2.57 bits per heavy atom. The first-order valence-corrected chi connectivity index (χ1v) is 8.20.